The average Bonchev–Trinajstić information content (AvgIpc) is 2.38. The van der Waals surface area contributed by atoms with Crippen molar-refractivity contribution in [1.29, 1.82) is 0 Å². The van der Waals surface area contributed by atoms with Crippen molar-refractivity contribution < 1.29 is 9.53 Å². The Kier molecular flexibility index (Phi) is 4.26. The molecule has 1 aromatic rings. The van der Waals surface area contributed by atoms with Crippen molar-refractivity contribution in [3.8, 4) is 5.75 Å². The highest BCUT2D eigenvalue weighted by Crippen LogP contribution is 2.39. The average molecular weight is 260 g/mol. The minimum atomic E-state index is 0.373. The van der Waals surface area contributed by atoms with E-state index in [1.54, 1.807) is 11.8 Å². The first kappa shape index (κ1) is 13.0. The van der Waals surface area contributed by atoms with Gasteiger partial charge in [-0.3, -0.25) is 4.79 Å². The molecule has 1 heterocycles. The lowest BCUT2D eigenvalue weighted by molar-refractivity contribution is -0.105. The molecule has 2 nitrogen and oxygen atoms in total. The molecule has 0 atom stereocenters. The smallest absolute Gasteiger partial charge is 0.150 e. The van der Waals surface area contributed by atoms with Gasteiger partial charge in [0.2, 0.25) is 0 Å². The van der Waals surface area contributed by atoms with Crippen molar-refractivity contribution in [1.82, 2.24) is 0 Å². The topological polar surface area (TPSA) is 26.3 Å². The summed E-state index contributed by atoms with van der Waals surface area (Å²) < 4.78 is 5.57. The molecule has 0 saturated carbocycles. The zero-order chi connectivity index (χ0) is 13.0. The highest BCUT2D eigenvalue weighted by molar-refractivity contribution is 8.08. The van der Waals surface area contributed by atoms with Gasteiger partial charge in [0.25, 0.3) is 0 Å². The molecule has 0 amide bonds. The van der Waals surface area contributed by atoms with Crippen LogP contribution in [0.3, 0.4) is 0 Å². The summed E-state index contributed by atoms with van der Waals surface area (Å²) in [7, 11) is 0. The lowest BCUT2D eigenvalue weighted by atomic mass is 10.1. The van der Waals surface area contributed by atoms with E-state index in [-0.39, 0.29) is 0 Å². The minimum Gasteiger partial charge on any atom is -0.488 e. The number of thioether (sulfide) groups is 1. The van der Waals surface area contributed by atoms with Gasteiger partial charge in [-0.2, -0.15) is 0 Å². The van der Waals surface area contributed by atoms with Gasteiger partial charge in [0.05, 0.1) is 0 Å². The number of allylic oxidation sites excluding steroid dienone is 1. The van der Waals surface area contributed by atoms with Crippen molar-refractivity contribution in [3.63, 3.8) is 0 Å². The maximum atomic E-state index is 11.1. The lowest BCUT2D eigenvalue weighted by Crippen LogP contribution is -2.11. The Morgan fingerprint density at radius 2 is 2.17 bits per heavy atom. The van der Waals surface area contributed by atoms with E-state index in [1.807, 2.05) is 24.3 Å². The van der Waals surface area contributed by atoms with Crippen LogP contribution in [0.1, 0.15) is 19.4 Å². The van der Waals surface area contributed by atoms with Gasteiger partial charge >= 0.3 is 0 Å². The predicted octanol–water partition coefficient (Wildman–Crippen LogP) is 3.69. The molecule has 1 aromatic carbocycles. The van der Waals surface area contributed by atoms with Gasteiger partial charge in [0, 0.05) is 21.8 Å². The maximum absolute atomic E-state index is 11.1. The molecule has 0 radical (unpaired) electrons. The van der Waals surface area contributed by atoms with Crippen molar-refractivity contribution in [2.24, 2.45) is 0 Å². The summed E-state index contributed by atoms with van der Waals surface area (Å²) in [6.07, 6.45) is 3.07. The Morgan fingerprint density at radius 1 is 1.39 bits per heavy atom. The molecule has 0 bridgehead atoms. The fourth-order valence-corrected chi connectivity index (χ4v) is 2.92. The summed E-state index contributed by atoms with van der Waals surface area (Å²) in [5.41, 5.74) is 3.05. The Hall–Kier alpha value is -1.48. The molecule has 1 aliphatic heterocycles. The second-order valence-corrected chi connectivity index (χ2v) is 5.38. The second kappa shape index (κ2) is 5.91. The van der Waals surface area contributed by atoms with Gasteiger partial charge in [-0.1, -0.05) is 29.8 Å². The molecule has 0 fully saturated rings. The van der Waals surface area contributed by atoms with Crippen LogP contribution in [0.5, 0.6) is 5.75 Å². The highest BCUT2D eigenvalue weighted by atomic mass is 32.2. The Morgan fingerprint density at radius 3 is 2.89 bits per heavy atom. The van der Waals surface area contributed by atoms with Gasteiger partial charge in [0.1, 0.15) is 12.4 Å². The zero-order valence-electron chi connectivity index (χ0n) is 10.6. The van der Waals surface area contributed by atoms with Crippen molar-refractivity contribution >= 4 is 23.0 Å². The summed E-state index contributed by atoms with van der Waals surface area (Å²) >= 11 is 1.69. The minimum absolute atomic E-state index is 0.373. The van der Waals surface area contributed by atoms with Crippen molar-refractivity contribution in [3.05, 3.63) is 47.1 Å². The number of benzene rings is 1. The maximum Gasteiger partial charge on any atom is 0.150 e. The molecular formula is C15H16O2S. The van der Waals surface area contributed by atoms with Crippen LogP contribution in [0, 0.1) is 0 Å². The number of carbonyl (C=O) groups is 1. The van der Waals surface area contributed by atoms with E-state index in [2.05, 4.69) is 19.9 Å². The molecule has 0 saturated heterocycles. The van der Waals surface area contributed by atoms with Gasteiger partial charge in [0.15, 0.2) is 6.29 Å². The number of rotatable bonds is 4. The Bertz CT molecular complexity index is 511. The largest absolute Gasteiger partial charge is 0.488 e. The molecule has 18 heavy (non-hydrogen) atoms. The molecular weight excluding hydrogens is 244 g/mol. The molecule has 0 spiro atoms. The molecule has 0 N–H and O–H groups in total. The summed E-state index contributed by atoms with van der Waals surface area (Å²) in [6.45, 7) is 4.53. The van der Waals surface area contributed by atoms with Crippen LogP contribution < -0.4 is 4.74 Å². The van der Waals surface area contributed by atoms with Crippen LogP contribution in [-0.2, 0) is 4.79 Å². The third-order valence-electron chi connectivity index (χ3n) is 2.67. The number of fused-ring (bicyclic) bond motifs is 1. The standard InChI is InChI=1S/C15H16O2S/c1-11(2)7-8-18-15-12(9-16)10-17-14-6-4-3-5-13(14)15/h3-7,9H,8,10H2,1-2H3. The molecule has 2 rings (SSSR count). The van der Waals surface area contributed by atoms with Crippen LogP contribution in [-0.4, -0.2) is 18.6 Å². The van der Waals surface area contributed by atoms with Crippen molar-refractivity contribution in [2.45, 2.75) is 13.8 Å². The normalized spacial score (nSPS) is 13.7. The van der Waals surface area contributed by atoms with E-state index < -0.39 is 0 Å². The lowest BCUT2D eigenvalue weighted by Gasteiger charge is -2.20. The van der Waals surface area contributed by atoms with E-state index in [9.17, 15) is 4.79 Å². The number of aldehydes is 1. The number of hydrogen-bond donors (Lipinski definition) is 0. The van der Waals surface area contributed by atoms with Gasteiger partial charge in [-0.15, -0.1) is 11.8 Å². The van der Waals surface area contributed by atoms with Crippen molar-refractivity contribution in [2.75, 3.05) is 12.4 Å². The highest BCUT2D eigenvalue weighted by Gasteiger charge is 2.19. The first-order chi connectivity index (χ1) is 8.72. The van der Waals surface area contributed by atoms with Crippen LogP contribution >= 0.6 is 11.8 Å². The molecule has 1 aliphatic rings. The van der Waals surface area contributed by atoms with Gasteiger partial charge in [-0.05, 0) is 19.9 Å². The molecule has 3 heteroatoms. The number of ether oxygens (including phenoxy) is 1. The molecule has 94 valence electrons. The fourth-order valence-electron chi connectivity index (χ4n) is 1.72. The predicted molar refractivity (Wildman–Crippen MR) is 76.8 cm³/mol. The Labute approximate surface area is 112 Å². The number of hydrogen-bond acceptors (Lipinski definition) is 3. The Balaban J connectivity index is 2.30. The first-order valence-corrected chi connectivity index (χ1v) is 6.87. The van der Waals surface area contributed by atoms with E-state index >= 15 is 0 Å². The molecule has 0 aliphatic carbocycles. The monoisotopic (exact) mass is 260 g/mol. The van der Waals surface area contributed by atoms with Gasteiger partial charge < -0.3 is 4.74 Å². The number of carbonyl (C=O) groups excluding carboxylic acids is 1. The fraction of sp³-hybridized carbons (Fsp3) is 0.267. The van der Waals surface area contributed by atoms with Crippen LogP contribution in [0.4, 0.5) is 0 Å². The summed E-state index contributed by atoms with van der Waals surface area (Å²) in [4.78, 5) is 12.2. The van der Waals surface area contributed by atoms with E-state index in [0.717, 1.165) is 33.8 Å². The first-order valence-electron chi connectivity index (χ1n) is 5.89. The van der Waals surface area contributed by atoms with Gasteiger partial charge in [-0.25, -0.2) is 0 Å². The van der Waals surface area contributed by atoms with E-state index in [0.29, 0.717) is 6.61 Å². The molecule has 0 unspecified atom stereocenters. The summed E-state index contributed by atoms with van der Waals surface area (Å²) in [5.74, 6) is 1.74. The summed E-state index contributed by atoms with van der Waals surface area (Å²) in [5, 5.41) is 0. The quantitative estimate of drug-likeness (QED) is 0.610. The van der Waals surface area contributed by atoms with E-state index in [1.165, 1.54) is 5.57 Å². The third-order valence-corrected chi connectivity index (χ3v) is 3.77. The van der Waals surface area contributed by atoms with Crippen LogP contribution in [0.15, 0.2) is 41.5 Å². The number of para-hydroxylation sites is 1. The SMILES string of the molecule is CC(C)=CCSC1=C(C=O)COc2ccccc21. The summed E-state index contributed by atoms with van der Waals surface area (Å²) in [6, 6.07) is 7.86. The van der Waals surface area contributed by atoms with Crippen LogP contribution in [0.2, 0.25) is 0 Å². The van der Waals surface area contributed by atoms with E-state index in [4.69, 9.17) is 4.74 Å². The zero-order valence-corrected chi connectivity index (χ0v) is 11.4. The molecule has 0 aromatic heterocycles. The van der Waals surface area contributed by atoms with Crippen LogP contribution in [0.25, 0.3) is 4.91 Å². The second-order valence-electron chi connectivity index (χ2n) is 4.35. The third kappa shape index (κ3) is 2.85.